The SMILES string of the molecule is O=c1ccn([C@@]2([123I])C[C@H](O)[C@@H](CO)O2)c(=O)[nH]1. The normalized spacial score (nSPS) is 32.9. The molecule has 94 valence electrons. The van der Waals surface area contributed by atoms with Gasteiger partial charge in [-0.05, 0) is 22.6 Å². The summed E-state index contributed by atoms with van der Waals surface area (Å²) in [6.07, 6.45) is -0.119. The fourth-order valence-electron chi connectivity index (χ4n) is 1.74. The van der Waals surface area contributed by atoms with Gasteiger partial charge in [0.1, 0.15) is 6.10 Å². The fraction of sp³-hybridized carbons (Fsp3) is 0.556. The summed E-state index contributed by atoms with van der Waals surface area (Å²) in [5, 5.41) is 18.6. The second kappa shape index (κ2) is 4.52. The Balaban J connectivity index is 2.40. The number of aliphatic hydroxyl groups excluding tert-OH is 2. The van der Waals surface area contributed by atoms with Crippen molar-refractivity contribution < 1.29 is 14.9 Å². The number of aliphatic hydroxyl groups is 2. The lowest BCUT2D eigenvalue weighted by Gasteiger charge is -2.24. The van der Waals surface area contributed by atoms with Gasteiger partial charge in [-0.2, -0.15) is 0 Å². The van der Waals surface area contributed by atoms with Crippen LogP contribution in [0.2, 0.25) is 0 Å². The van der Waals surface area contributed by atoms with E-state index in [0.717, 1.165) is 0 Å². The maximum absolute atomic E-state index is 11.6. The maximum atomic E-state index is 11.6. The molecule has 7 nitrogen and oxygen atoms in total. The summed E-state index contributed by atoms with van der Waals surface area (Å²) in [7, 11) is 0. The van der Waals surface area contributed by atoms with Crippen molar-refractivity contribution in [1.82, 2.24) is 9.55 Å². The predicted octanol–water partition coefficient (Wildman–Crippen LogP) is -1.28. The molecule has 0 spiro atoms. The summed E-state index contributed by atoms with van der Waals surface area (Å²) in [4.78, 5) is 24.7. The Kier molecular flexibility index (Phi) is 3.39. The molecule has 1 aromatic heterocycles. The average molecular weight is 350 g/mol. The summed E-state index contributed by atoms with van der Waals surface area (Å²) in [5.41, 5.74) is -1.11. The van der Waals surface area contributed by atoms with Crippen LogP contribution in [0.1, 0.15) is 6.42 Å². The highest BCUT2D eigenvalue weighted by Gasteiger charge is 2.45. The summed E-state index contributed by atoms with van der Waals surface area (Å²) >= 11 is 1.87. The van der Waals surface area contributed by atoms with E-state index in [1.165, 1.54) is 16.8 Å². The minimum absolute atomic E-state index is 0.157. The van der Waals surface area contributed by atoms with Crippen LogP contribution in [0.5, 0.6) is 0 Å². The van der Waals surface area contributed by atoms with E-state index in [1.54, 1.807) is 0 Å². The third-order valence-electron chi connectivity index (χ3n) is 2.59. The molecule has 0 aromatic carbocycles. The zero-order valence-electron chi connectivity index (χ0n) is 8.67. The Labute approximate surface area is 109 Å². The van der Waals surface area contributed by atoms with E-state index in [4.69, 9.17) is 9.84 Å². The van der Waals surface area contributed by atoms with Gasteiger partial charge in [-0.3, -0.25) is 14.3 Å². The van der Waals surface area contributed by atoms with Gasteiger partial charge in [-0.1, -0.05) is 0 Å². The van der Waals surface area contributed by atoms with E-state index in [9.17, 15) is 14.7 Å². The van der Waals surface area contributed by atoms with E-state index in [-0.39, 0.29) is 13.0 Å². The first kappa shape index (κ1) is 12.7. The Morgan fingerprint density at radius 3 is 2.88 bits per heavy atom. The minimum Gasteiger partial charge on any atom is -0.394 e. The lowest BCUT2D eigenvalue weighted by Crippen LogP contribution is -2.40. The smallest absolute Gasteiger partial charge is 0.331 e. The van der Waals surface area contributed by atoms with Gasteiger partial charge < -0.3 is 14.9 Å². The molecular weight excluding hydrogens is 339 g/mol. The number of aromatic nitrogens is 2. The highest BCUT2D eigenvalue weighted by atomic mass is 123. The summed E-state index contributed by atoms with van der Waals surface area (Å²) in [6, 6.07) is 1.20. The number of hydrogen-bond acceptors (Lipinski definition) is 5. The molecule has 1 fully saturated rings. The van der Waals surface area contributed by atoms with Crippen LogP contribution in [0, 0.1) is 0 Å². The van der Waals surface area contributed by atoms with E-state index < -0.39 is 27.2 Å². The lowest BCUT2D eigenvalue weighted by molar-refractivity contribution is -0.0554. The molecule has 1 aliphatic heterocycles. The molecule has 0 saturated carbocycles. The van der Waals surface area contributed by atoms with Gasteiger partial charge >= 0.3 is 5.69 Å². The predicted molar refractivity (Wildman–Crippen MR) is 65.9 cm³/mol. The number of alkyl halides is 1. The first-order valence-electron chi connectivity index (χ1n) is 4.94. The Morgan fingerprint density at radius 1 is 1.65 bits per heavy atom. The second-order valence-electron chi connectivity index (χ2n) is 3.78. The van der Waals surface area contributed by atoms with Crippen LogP contribution < -0.4 is 11.2 Å². The number of hydrogen-bond donors (Lipinski definition) is 3. The van der Waals surface area contributed by atoms with Gasteiger partial charge in [0.2, 0.25) is 3.73 Å². The van der Waals surface area contributed by atoms with Crippen LogP contribution in [-0.2, 0) is 8.47 Å². The third kappa shape index (κ3) is 2.30. The molecule has 1 saturated heterocycles. The largest absolute Gasteiger partial charge is 0.394 e. The Bertz CT molecular complexity index is 527. The van der Waals surface area contributed by atoms with Crippen molar-refractivity contribution >= 4 is 22.6 Å². The van der Waals surface area contributed by atoms with Crippen LogP contribution in [0.3, 0.4) is 0 Å². The summed E-state index contributed by atoms with van der Waals surface area (Å²) in [5.74, 6) is 0. The molecule has 0 aliphatic carbocycles. The molecule has 8 heteroatoms. The lowest BCUT2D eigenvalue weighted by atomic mass is 10.2. The molecule has 17 heavy (non-hydrogen) atoms. The monoisotopic (exact) mass is 350 g/mol. The molecule has 1 aliphatic rings. The van der Waals surface area contributed by atoms with Crippen LogP contribution in [-0.4, -0.2) is 38.6 Å². The van der Waals surface area contributed by atoms with Crippen LogP contribution in [0.4, 0.5) is 0 Å². The van der Waals surface area contributed by atoms with E-state index >= 15 is 0 Å². The highest BCUT2D eigenvalue weighted by molar-refractivity contribution is 14.1. The van der Waals surface area contributed by atoms with Crippen LogP contribution in [0.25, 0.3) is 0 Å². The molecule has 1 aromatic rings. The van der Waals surface area contributed by atoms with E-state index in [0.29, 0.717) is 0 Å². The quantitative estimate of drug-likeness (QED) is 0.456. The van der Waals surface area contributed by atoms with Crippen molar-refractivity contribution in [2.75, 3.05) is 6.61 Å². The van der Waals surface area contributed by atoms with Gasteiger partial charge in [0, 0.05) is 18.7 Å². The number of aromatic amines is 1. The van der Waals surface area contributed by atoms with Crippen molar-refractivity contribution in [3.05, 3.63) is 33.1 Å². The zero-order chi connectivity index (χ0) is 12.6. The molecule has 0 unspecified atom stereocenters. The van der Waals surface area contributed by atoms with Gasteiger partial charge in [-0.25, -0.2) is 4.79 Å². The molecule has 0 amide bonds. The molecule has 2 heterocycles. The molecule has 3 N–H and O–H groups in total. The van der Waals surface area contributed by atoms with Crippen molar-refractivity contribution in [3.63, 3.8) is 0 Å². The molecule has 0 radical (unpaired) electrons. The Morgan fingerprint density at radius 2 is 2.35 bits per heavy atom. The standard InChI is InChI=1S/C9H11IN2O5/c10-9(3-5(14)6(4-13)17-9)12-2-1-7(15)11-8(12)16/h1-2,5-6,13-14H,3-4H2,(H,11,15,16)/t5-,6+,9-/m0/s1/i10-4. The van der Waals surface area contributed by atoms with Crippen molar-refractivity contribution in [2.24, 2.45) is 0 Å². The number of halogens is 1. The van der Waals surface area contributed by atoms with Crippen LogP contribution in [0.15, 0.2) is 21.9 Å². The summed E-state index contributed by atoms with van der Waals surface area (Å²) < 4.78 is 5.54. The van der Waals surface area contributed by atoms with Crippen molar-refractivity contribution in [1.29, 1.82) is 0 Å². The number of rotatable bonds is 2. The molecule has 0 bridgehead atoms. The topological polar surface area (TPSA) is 105 Å². The number of H-pyrrole nitrogens is 1. The maximum Gasteiger partial charge on any atom is 0.331 e. The van der Waals surface area contributed by atoms with Gasteiger partial charge in [0.25, 0.3) is 5.56 Å². The fourth-order valence-corrected chi connectivity index (χ4v) is 2.90. The highest BCUT2D eigenvalue weighted by Crippen LogP contribution is 2.39. The third-order valence-corrected chi connectivity index (χ3v) is 3.80. The zero-order valence-corrected chi connectivity index (χ0v) is 10.8. The van der Waals surface area contributed by atoms with E-state index in [2.05, 4.69) is 4.98 Å². The number of ether oxygens (including phenoxy) is 1. The van der Waals surface area contributed by atoms with Crippen molar-refractivity contribution in [2.45, 2.75) is 22.4 Å². The molecule has 3 atom stereocenters. The number of nitrogens with zero attached hydrogens (tertiary/aromatic N) is 1. The van der Waals surface area contributed by atoms with E-state index in [1.807, 2.05) is 22.6 Å². The second-order valence-corrected chi connectivity index (χ2v) is 5.47. The first-order valence-corrected chi connectivity index (χ1v) is 6.02. The van der Waals surface area contributed by atoms with Gasteiger partial charge in [-0.15, -0.1) is 0 Å². The van der Waals surface area contributed by atoms with Gasteiger partial charge in [0.05, 0.1) is 12.7 Å². The summed E-state index contributed by atoms with van der Waals surface area (Å²) in [6.45, 7) is -0.329. The Hall–Kier alpha value is -0.710. The van der Waals surface area contributed by atoms with Gasteiger partial charge in [0.15, 0.2) is 0 Å². The average Bonchev–Trinajstić information content (AvgIpc) is 2.54. The first-order chi connectivity index (χ1) is 7.96. The number of nitrogens with one attached hydrogen (secondary N) is 1. The molecule has 2 rings (SSSR count). The molecular formula is C9H11IN2O5. The minimum atomic E-state index is -1.09. The van der Waals surface area contributed by atoms with Crippen molar-refractivity contribution in [3.8, 4) is 0 Å². The van der Waals surface area contributed by atoms with Crippen LogP contribution >= 0.6 is 22.6 Å².